The lowest BCUT2D eigenvalue weighted by atomic mass is 9.57. The zero-order chi connectivity index (χ0) is 16.4. The van der Waals surface area contributed by atoms with Gasteiger partial charge in [0.1, 0.15) is 0 Å². The van der Waals surface area contributed by atoms with Crippen molar-refractivity contribution in [2.75, 3.05) is 13.2 Å². The van der Waals surface area contributed by atoms with Crippen LogP contribution in [0.25, 0.3) is 0 Å². The number of likely N-dealkylation sites (tertiary alicyclic amines) is 1. The van der Waals surface area contributed by atoms with E-state index in [4.69, 9.17) is 14.5 Å². The molecular formula is C17H27NO5. The Kier molecular flexibility index (Phi) is 3.54. The highest BCUT2D eigenvalue weighted by atomic mass is 17.3. The topological polar surface area (TPSA) is 68.2 Å². The van der Waals surface area contributed by atoms with E-state index in [1.165, 1.54) is 0 Å². The summed E-state index contributed by atoms with van der Waals surface area (Å²) in [5.74, 6) is 0.0469. The summed E-state index contributed by atoms with van der Waals surface area (Å²) >= 11 is 0. The van der Waals surface area contributed by atoms with Gasteiger partial charge in [0.2, 0.25) is 11.7 Å². The first-order valence-corrected chi connectivity index (χ1v) is 8.89. The summed E-state index contributed by atoms with van der Waals surface area (Å²) in [6.07, 6.45) is 3.36. The third kappa shape index (κ3) is 1.98. The summed E-state index contributed by atoms with van der Waals surface area (Å²) in [5, 5.41) is 9.45. The molecule has 6 heteroatoms. The van der Waals surface area contributed by atoms with Crippen molar-refractivity contribution in [1.82, 2.24) is 4.90 Å². The van der Waals surface area contributed by atoms with Crippen molar-refractivity contribution in [3.63, 3.8) is 0 Å². The summed E-state index contributed by atoms with van der Waals surface area (Å²) < 4.78 is 6.31. The Balaban J connectivity index is 1.85. The molecule has 1 spiro atoms. The SMILES string of the molecule is C[C@@H]1CC[C@H]2[C@@H](C)C(=O)N(CCO)[C@@H]3O[C@]4(C)CC[C@@H]1C23OO4. The van der Waals surface area contributed by atoms with Gasteiger partial charge in [0.15, 0.2) is 11.8 Å². The maximum absolute atomic E-state index is 12.9. The number of ether oxygens (including phenoxy) is 1. The summed E-state index contributed by atoms with van der Waals surface area (Å²) in [4.78, 5) is 26.4. The van der Waals surface area contributed by atoms with Gasteiger partial charge in [-0.25, -0.2) is 9.78 Å². The van der Waals surface area contributed by atoms with E-state index in [-0.39, 0.29) is 30.9 Å². The van der Waals surface area contributed by atoms with Crippen LogP contribution in [0.4, 0.5) is 0 Å². The molecule has 0 aromatic heterocycles. The Labute approximate surface area is 137 Å². The molecule has 5 rings (SSSR count). The van der Waals surface area contributed by atoms with Crippen molar-refractivity contribution in [1.29, 1.82) is 0 Å². The van der Waals surface area contributed by atoms with Gasteiger partial charge in [-0.15, -0.1) is 0 Å². The highest BCUT2D eigenvalue weighted by Crippen LogP contribution is 2.60. The van der Waals surface area contributed by atoms with Crippen molar-refractivity contribution in [3.8, 4) is 0 Å². The van der Waals surface area contributed by atoms with Crippen LogP contribution < -0.4 is 0 Å². The first-order chi connectivity index (χ1) is 10.9. The van der Waals surface area contributed by atoms with E-state index >= 15 is 0 Å². The molecule has 23 heavy (non-hydrogen) atoms. The second-order valence-electron chi connectivity index (χ2n) is 7.97. The van der Waals surface area contributed by atoms with Crippen molar-refractivity contribution in [2.24, 2.45) is 23.7 Å². The van der Waals surface area contributed by atoms with Crippen LogP contribution in [0.3, 0.4) is 0 Å². The molecule has 1 aliphatic carbocycles. The third-order valence-corrected chi connectivity index (χ3v) is 6.70. The molecule has 5 aliphatic rings. The average molecular weight is 325 g/mol. The van der Waals surface area contributed by atoms with Gasteiger partial charge in [-0.3, -0.25) is 4.79 Å². The fourth-order valence-electron chi connectivity index (χ4n) is 5.49. The minimum absolute atomic E-state index is 0.0627. The molecule has 0 aromatic carbocycles. The number of fused-ring (bicyclic) bond motifs is 2. The van der Waals surface area contributed by atoms with Gasteiger partial charge >= 0.3 is 0 Å². The minimum Gasteiger partial charge on any atom is -0.395 e. The van der Waals surface area contributed by atoms with Gasteiger partial charge in [-0.2, -0.15) is 0 Å². The van der Waals surface area contributed by atoms with E-state index in [2.05, 4.69) is 6.92 Å². The van der Waals surface area contributed by atoms with Crippen LogP contribution in [0.2, 0.25) is 0 Å². The number of carbonyl (C=O) groups excluding carboxylic acids is 1. The molecule has 5 fully saturated rings. The number of piperidine rings is 1. The van der Waals surface area contributed by atoms with Crippen molar-refractivity contribution in [2.45, 2.75) is 64.1 Å². The summed E-state index contributed by atoms with van der Waals surface area (Å²) in [6.45, 7) is 6.35. The quantitative estimate of drug-likeness (QED) is 0.782. The minimum atomic E-state index is -0.813. The second-order valence-corrected chi connectivity index (χ2v) is 7.97. The van der Waals surface area contributed by atoms with Crippen LogP contribution in [0.1, 0.15) is 46.5 Å². The number of hydrogen-bond acceptors (Lipinski definition) is 5. The smallest absolute Gasteiger partial charge is 0.227 e. The maximum atomic E-state index is 12.9. The van der Waals surface area contributed by atoms with Gasteiger partial charge in [0, 0.05) is 24.8 Å². The molecule has 1 amide bonds. The molecule has 1 unspecified atom stereocenters. The zero-order valence-corrected chi connectivity index (χ0v) is 14.2. The van der Waals surface area contributed by atoms with Crippen LogP contribution in [-0.4, -0.2) is 46.7 Å². The first-order valence-electron chi connectivity index (χ1n) is 8.89. The third-order valence-electron chi connectivity index (χ3n) is 6.70. The van der Waals surface area contributed by atoms with E-state index in [1.54, 1.807) is 4.90 Å². The number of β-amino-alcohol motifs (C(OH)–C–C–N with tert-alkyl or cyclic N) is 1. The molecule has 0 aromatic rings. The predicted octanol–water partition coefficient (Wildman–Crippen LogP) is 1.67. The highest BCUT2D eigenvalue weighted by Gasteiger charge is 2.70. The Morgan fingerprint density at radius 2 is 2.00 bits per heavy atom. The molecule has 4 aliphatic heterocycles. The van der Waals surface area contributed by atoms with E-state index in [0.717, 1.165) is 25.7 Å². The Morgan fingerprint density at radius 1 is 1.22 bits per heavy atom. The number of aliphatic hydroxyl groups is 1. The number of carbonyl (C=O) groups is 1. The summed E-state index contributed by atoms with van der Waals surface area (Å²) in [7, 11) is 0. The Morgan fingerprint density at radius 3 is 2.74 bits per heavy atom. The fraction of sp³-hybridized carbons (Fsp3) is 0.941. The van der Waals surface area contributed by atoms with E-state index in [0.29, 0.717) is 11.8 Å². The van der Waals surface area contributed by atoms with Crippen molar-refractivity contribution in [3.05, 3.63) is 0 Å². The molecule has 4 saturated heterocycles. The average Bonchev–Trinajstić information content (AvgIpc) is 2.76. The number of nitrogens with zero attached hydrogens (tertiary/aromatic N) is 1. The standard InChI is InChI=1S/C17H27NO5/c1-10-4-5-13-11(2)14(20)18(8-9-19)15-17(13)12(10)6-7-16(3,21-15)22-23-17/h10-13,15,19H,4-9H2,1-3H3/t10-,11-,12+,13+,15-,16+,17?/m1/s1. The summed E-state index contributed by atoms with van der Waals surface area (Å²) in [6, 6.07) is 0. The molecule has 0 radical (unpaired) electrons. The maximum Gasteiger partial charge on any atom is 0.227 e. The van der Waals surface area contributed by atoms with E-state index in [1.807, 2.05) is 13.8 Å². The summed E-state index contributed by atoms with van der Waals surface area (Å²) in [5.41, 5.74) is -0.601. The fourth-order valence-corrected chi connectivity index (χ4v) is 5.49. The number of rotatable bonds is 2. The zero-order valence-electron chi connectivity index (χ0n) is 14.2. The molecule has 2 bridgehead atoms. The number of amides is 1. The van der Waals surface area contributed by atoms with E-state index in [9.17, 15) is 9.90 Å². The lowest BCUT2D eigenvalue weighted by Gasteiger charge is -2.61. The normalized spacial score (nSPS) is 52.3. The molecule has 7 atom stereocenters. The van der Waals surface area contributed by atoms with E-state index < -0.39 is 17.6 Å². The highest BCUT2D eigenvalue weighted by molar-refractivity contribution is 5.80. The van der Waals surface area contributed by atoms with Crippen LogP contribution in [0.5, 0.6) is 0 Å². The Bertz CT molecular complexity index is 513. The van der Waals surface area contributed by atoms with Crippen molar-refractivity contribution < 1.29 is 24.4 Å². The van der Waals surface area contributed by atoms with Gasteiger partial charge in [0.05, 0.1) is 6.61 Å². The number of hydrogen-bond donors (Lipinski definition) is 1. The molecule has 130 valence electrons. The van der Waals surface area contributed by atoms with Crippen LogP contribution in [0.15, 0.2) is 0 Å². The van der Waals surface area contributed by atoms with Gasteiger partial charge in [-0.1, -0.05) is 13.8 Å². The molecular weight excluding hydrogens is 298 g/mol. The van der Waals surface area contributed by atoms with Crippen molar-refractivity contribution >= 4 is 5.91 Å². The second kappa shape index (κ2) is 5.15. The lowest BCUT2D eigenvalue weighted by Crippen LogP contribution is -2.75. The molecule has 1 saturated carbocycles. The van der Waals surface area contributed by atoms with Gasteiger partial charge in [0.25, 0.3) is 0 Å². The van der Waals surface area contributed by atoms with Gasteiger partial charge < -0.3 is 14.7 Å². The Hall–Kier alpha value is -0.690. The van der Waals surface area contributed by atoms with Crippen LogP contribution >= 0.6 is 0 Å². The molecule has 1 N–H and O–H groups in total. The predicted molar refractivity (Wildman–Crippen MR) is 80.8 cm³/mol. The molecule has 6 nitrogen and oxygen atoms in total. The first kappa shape index (κ1) is 15.8. The van der Waals surface area contributed by atoms with Crippen LogP contribution in [-0.2, 0) is 19.3 Å². The lowest BCUT2D eigenvalue weighted by molar-refractivity contribution is -0.547. The number of aliphatic hydroxyl groups excluding tert-OH is 1. The van der Waals surface area contributed by atoms with Gasteiger partial charge in [-0.05, 0) is 38.0 Å². The van der Waals surface area contributed by atoms with Crippen LogP contribution in [0, 0.1) is 23.7 Å². The molecule has 4 heterocycles. The monoisotopic (exact) mass is 325 g/mol. The largest absolute Gasteiger partial charge is 0.395 e.